The van der Waals surface area contributed by atoms with Gasteiger partial charge in [0.25, 0.3) is 5.56 Å². The monoisotopic (exact) mass is 601 g/mol. The molecular formula is C25H18Cl2IN5O. The fraction of sp³-hybridized carbons (Fsp3) is 0.120. The molecule has 5 aromatic rings. The van der Waals surface area contributed by atoms with Gasteiger partial charge in [-0.2, -0.15) is 0 Å². The third-order valence-electron chi connectivity index (χ3n) is 5.93. The molecule has 1 atom stereocenters. The number of rotatable bonds is 4. The molecule has 0 saturated carbocycles. The van der Waals surface area contributed by atoms with E-state index in [2.05, 4.69) is 32.9 Å². The van der Waals surface area contributed by atoms with Crippen molar-refractivity contribution >= 4 is 56.7 Å². The molecule has 2 aromatic carbocycles. The third-order valence-corrected chi connectivity index (χ3v) is 7.49. The minimum atomic E-state index is -1.16. The summed E-state index contributed by atoms with van der Waals surface area (Å²) in [7, 11) is 3.53. The molecule has 6 nitrogen and oxygen atoms in total. The summed E-state index contributed by atoms with van der Waals surface area (Å²) < 4.78 is 4.32. The highest BCUT2D eigenvalue weighted by atomic mass is 127. The van der Waals surface area contributed by atoms with Crippen LogP contribution in [-0.4, -0.2) is 24.5 Å². The molecule has 0 N–H and O–H groups in total. The molecule has 0 saturated heterocycles. The van der Waals surface area contributed by atoms with Gasteiger partial charge in [-0.3, -0.25) is 9.78 Å². The molecule has 0 bridgehead atoms. The second-order valence-electron chi connectivity index (χ2n) is 7.96. The van der Waals surface area contributed by atoms with Crippen molar-refractivity contribution in [3.63, 3.8) is 0 Å². The summed E-state index contributed by atoms with van der Waals surface area (Å²) in [4.78, 5) is 16.3. The van der Waals surface area contributed by atoms with Gasteiger partial charge in [0.05, 0.1) is 29.3 Å². The number of aryl methyl sites for hydroxylation is 2. The van der Waals surface area contributed by atoms with Crippen molar-refractivity contribution in [1.82, 2.24) is 24.5 Å². The highest BCUT2D eigenvalue weighted by Crippen LogP contribution is 2.43. The van der Waals surface area contributed by atoms with E-state index in [-0.39, 0.29) is 5.56 Å². The maximum atomic E-state index is 12.7. The zero-order valence-corrected chi connectivity index (χ0v) is 21.9. The lowest BCUT2D eigenvalue weighted by molar-refractivity contribution is 0.643. The minimum Gasteiger partial charge on any atom is -0.310 e. The normalized spacial score (nSPS) is 13.2. The van der Waals surface area contributed by atoms with Crippen molar-refractivity contribution in [3.8, 4) is 11.1 Å². The van der Waals surface area contributed by atoms with Crippen molar-refractivity contribution in [2.24, 2.45) is 14.1 Å². The second kappa shape index (κ2) is 8.79. The average Bonchev–Trinajstić information content (AvgIpc) is 3.27. The largest absolute Gasteiger partial charge is 0.310 e. The molecule has 0 aliphatic carbocycles. The average molecular weight is 602 g/mol. The Bertz CT molecular complexity index is 1600. The molecule has 0 spiro atoms. The van der Waals surface area contributed by atoms with Crippen LogP contribution in [0.4, 0.5) is 0 Å². The maximum Gasteiger partial charge on any atom is 0.251 e. The van der Waals surface area contributed by atoms with E-state index in [0.29, 0.717) is 21.9 Å². The lowest BCUT2D eigenvalue weighted by Crippen LogP contribution is -2.27. The van der Waals surface area contributed by atoms with Crippen LogP contribution in [-0.2, 0) is 19.0 Å². The van der Waals surface area contributed by atoms with Crippen LogP contribution in [0.25, 0.3) is 22.0 Å². The first-order valence-electron chi connectivity index (χ1n) is 10.4. The zero-order chi connectivity index (χ0) is 24.0. The van der Waals surface area contributed by atoms with Crippen molar-refractivity contribution in [2.45, 2.75) is 4.87 Å². The molecule has 0 aliphatic heterocycles. The van der Waals surface area contributed by atoms with E-state index < -0.39 is 4.87 Å². The predicted molar refractivity (Wildman–Crippen MR) is 143 cm³/mol. The van der Waals surface area contributed by atoms with Crippen molar-refractivity contribution in [1.29, 1.82) is 0 Å². The summed E-state index contributed by atoms with van der Waals surface area (Å²) in [5.74, 6) is 0. The lowest BCUT2D eigenvalue weighted by Gasteiger charge is -2.27. The summed E-state index contributed by atoms with van der Waals surface area (Å²) in [6, 6.07) is 18.9. The van der Waals surface area contributed by atoms with Gasteiger partial charge in [0, 0.05) is 34.1 Å². The SMILES string of the molecule is Cn1nncc1[C@@](Cl)(c1ccc(I)cc1)c1cc2c(-c3cccc(Cl)c3)cc(=O)n(C)c2cn1. The highest BCUT2D eigenvalue weighted by molar-refractivity contribution is 14.1. The van der Waals surface area contributed by atoms with Gasteiger partial charge in [0.1, 0.15) is 0 Å². The van der Waals surface area contributed by atoms with Gasteiger partial charge in [-0.15, -0.1) is 16.7 Å². The number of hydrogen-bond donors (Lipinski definition) is 0. The molecule has 3 aromatic heterocycles. The number of hydrogen-bond acceptors (Lipinski definition) is 4. The molecule has 0 unspecified atom stereocenters. The number of halogens is 3. The van der Waals surface area contributed by atoms with Crippen LogP contribution in [0.1, 0.15) is 17.0 Å². The van der Waals surface area contributed by atoms with Crippen LogP contribution in [0.2, 0.25) is 5.02 Å². The number of alkyl halides is 1. The Balaban J connectivity index is 1.84. The number of pyridine rings is 2. The molecule has 3 heterocycles. The standard InChI is InChI=1S/C25H18Cl2IN5O/c1-32-21-13-29-22(11-20(21)19(12-24(32)34)15-4-3-5-17(26)10-15)25(27,23-14-30-31-33(23)2)16-6-8-18(28)9-7-16/h3-14H,1-2H3/t25-/m1/s1. The quantitative estimate of drug-likeness (QED) is 0.201. The van der Waals surface area contributed by atoms with Crippen LogP contribution in [0.5, 0.6) is 0 Å². The first kappa shape index (κ1) is 23.0. The van der Waals surface area contributed by atoms with Crippen molar-refractivity contribution in [2.75, 3.05) is 0 Å². The van der Waals surface area contributed by atoms with E-state index in [0.717, 1.165) is 25.6 Å². The molecule has 0 radical (unpaired) electrons. The van der Waals surface area contributed by atoms with Gasteiger partial charge >= 0.3 is 0 Å². The second-order valence-corrected chi connectivity index (χ2v) is 10.2. The molecule has 0 aliphatic rings. The molecule has 34 heavy (non-hydrogen) atoms. The fourth-order valence-corrected chi connectivity index (χ4v) is 5.09. The van der Waals surface area contributed by atoms with Crippen LogP contribution in [0, 0.1) is 3.57 Å². The van der Waals surface area contributed by atoms with E-state index in [1.165, 1.54) is 0 Å². The smallest absolute Gasteiger partial charge is 0.251 e. The lowest BCUT2D eigenvalue weighted by atomic mass is 9.89. The molecular weight excluding hydrogens is 584 g/mol. The first-order chi connectivity index (χ1) is 16.3. The Hall–Kier alpha value is -2.75. The van der Waals surface area contributed by atoms with Crippen LogP contribution in [0.15, 0.2) is 77.9 Å². The third kappa shape index (κ3) is 3.81. The summed E-state index contributed by atoms with van der Waals surface area (Å²) in [5.41, 5.74) is 4.25. The molecule has 170 valence electrons. The van der Waals surface area contributed by atoms with E-state index in [1.807, 2.05) is 48.5 Å². The molecule has 0 fully saturated rings. The Labute approximate surface area is 219 Å². The van der Waals surface area contributed by atoms with E-state index in [1.54, 1.807) is 47.9 Å². The zero-order valence-electron chi connectivity index (χ0n) is 18.2. The van der Waals surface area contributed by atoms with Gasteiger partial charge in [0.2, 0.25) is 0 Å². The summed E-state index contributed by atoms with van der Waals surface area (Å²) >= 11 is 16.0. The fourth-order valence-electron chi connectivity index (χ4n) is 4.14. The van der Waals surface area contributed by atoms with Gasteiger partial charge in [0.15, 0.2) is 4.87 Å². The van der Waals surface area contributed by atoms with Gasteiger partial charge in [-0.05, 0) is 69.6 Å². The summed E-state index contributed by atoms with van der Waals surface area (Å²) in [6.45, 7) is 0. The Kier molecular flexibility index (Phi) is 5.95. The van der Waals surface area contributed by atoms with Crippen LogP contribution < -0.4 is 5.56 Å². The predicted octanol–water partition coefficient (Wildman–Crippen LogP) is 5.52. The van der Waals surface area contributed by atoms with Gasteiger partial charge < -0.3 is 4.57 Å². The number of nitrogens with zero attached hydrogens (tertiary/aromatic N) is 5. The maximum absolute atomic E-state index is 12.7. The van der Waals surface area contributed by atoms with Crippen molar-refractivity contribution in [3.05, 3.63) is 109 Å². The van der Waals surface area contributed by atoms with E-state index in [4.69, 9.17) is 28.2 Å². The Morgan fingerprint density at radius 3 is 2.44 bits per heavy atom. The number of fused-ring (bicyclic) bond motifs is 1. The van der Waals surface area contributed by atoms with E-state index in [9.17, 15) is 4.79 Å². The van der Waals surface area contributed by atoms with Gasteiger partial charge in [-0.1, -0.05) is 41.1 Å². The Morgan fingerprint density at radius 2 is 1.76 bits per heavy atom. The number of benzene rings is 2. The topological polar surface area (TPSA) is 65.6 Å². The Morgan fingerprint density at radius 1 is 1.00 bits per heavy atom. The van der Waals surface area contributed by atoms with Crippen molar-refractivity contribution < 1.29 is 0 Å². The molecule has 9 heteroatoms. The number of aromatic nitrogens is 5. The highest BCUT2D eigenvalue weighted by Gasteiger charge is 2.39. The summed E-state index contributed by atoms with van der Waals surface area (Å²) in [6.07, 6.45) is 3.34. The molecule has 5 rings (SSSR count). The van der Waals surface area contributed by atoms with Crippen LogP contribution >= 0.6 is 45.8 Å². The van der Waals surface area contributed by atoms with E-state index >= 15 is 0 Å². The van der Waals surface area contributed by atoms with Crippen LogP contribution in [0.3, 0.4) is 0 Å². The molecule has 0 amide bonds. The first-order valence-corrected chi connectivity index (χ1v) is 12.2. The van der Waals surface area contributed by atoms with Gasteiger partial charge in [-0.25, -0.2) is 4.68 Å². The minimum absolute atomic E-state index is 0.136. The summed E-state index contributed by atoms with van der Waals surface area (Å²) in [5, 5.41) is 9.59.